The van der Waals surface area contributed by atoms with Crippen molar-refractivity contribution in [2.75, 3.05) is 26.3 Å². The van der Waals surface area contributed by atoms with Crippen molar-refractivity contribution >= 4 is 39.3 Å². The van der Waals surface area contributed by atoms with Crippen molar-refractivity contribution in [1.82, 2.24) is 0 Å². The molecule has 0 aromatic heterocycles. The highest BCUT2D eigenvalue weighted by Crippen LogP contribution is 2.39. The molecular formula is C20H19BrN2O4. The Labute approximate surface area is 166 Å². The standard InChI is InChI=1S/C20H19BrN2O4/c1-12-16(20(24)23(22-12)15-7-5-14(21)6-8-15)9-13-10-17(25-2)19(27-4)18(11-13)26-3/h5-11H,1-4H3/b16-9-. The maximum absolute atomic E-state index is 12.9. The maximum atomic E-state index is 12.9. The van der Waals surface area contributed by atoms with Crippen LogP contribution >= 0.6 is 15.9 Å². The molecule has 0 atom stereocenters. The molecule has 1 aliphatic rings. The average Bonchev–Trinajstić information content (AvgIpc) is 2.96. The summed E-state index contributed by atoms with van der Waals surface area (Å²) in [6.07, 6.45) is 1.77. The lowest BCUT2D eigenvalue weighted by Crippen LogP contribution is -2.21. The Bertz CT molecular complexity index is 910. The zero-order valence-corrected chi connectivity index (χ0v) is 17.0. The molecule has 140 valence electrons. The van der Waals surface area contributed by atoms with E-state index in [1.54, 1.807) is 46.5 Å². The van der Waals surface area contributed by atoms with Crippen molar-refractivity contribution in [3.05, 3.63) is 52.0 Å². The Kier molecular flexibility index (Phi) is 5.51. The van der Waals surface area contributed by atoms with Gasteiger partial charge in [0.1, 0.15) is 0 Å². The van der Waals surface area contributed by atoms with Crippen LogP contribution in [0.3, 0.4) is 0 Å². The number of halogens is 1. The van der Waals surface area contributed by atoms with Gasteiger partial charge in [0.05, 0.1) is 38.3 Å². The Hall–Kier alpha value is -2.80. The third kappa shape index (κ3) is 3.68. The molecule has 7 heteroatoms. The summed E-state index contributed by atoms with van der Waals surface area (Å²) in [6, 6.07) is 11.0. The second-order valence-electron chi connectivity index (χ2n) is 5.80. The molecule has 1 aliphatic heterocycles. The lowest BCUT2D eigenvalue weighted by molar-refractivity contribution is -0.114. The van der Waals surface area contributed by atoms with Crippen molar-refractivity contribution < 1.29 is 19.0 Å². The third-order valence-corrected chi connectivity index (χ3v) is 4.66. The molecule has 0 aliphatic carbocycles. The van der Waals surface area contributed by atoms with Crippen molar-refractivity contribution in [1.29, 1.82) is 0 Å². The summed E-state index contributed by atoms with van der Waals surface area (Å²) in [5, 5.41) is 5.79. The van der Waals surface area contributed by atoms with E-state index in [-0.39, 0.29) is 5.91 Å². The number of hydrogen-bond acceptors (Lipinski definition) is 5. The highest BCUT2D eigenvalue weighted by molar-refractivity contribution is 9.10. The minimum Gasteiger partial charge on any atom is -0.493 e. The molecule has 0 bridgehead atoms. The number of ether oxygens (including phenoxy) is 3. The number of hydrazone groups is 1. The molecule has 2 aromatic carbocycles. The molecule has 0 radical (unpaired) electrons. The number of methoxy groups -OCH3 is 3. The molecule has 0 saturated carbocycles. The van der Waals surface area contributed by atoms with Crippen LogP contribution < -0.4 is 19.2 Å². The Balaban J connectivity index is 1.99. The van der Waals surface area contributed by atoms with Gasteiger partial charge in [0, 0.05) is 4.47 Å². The predicted octanol–water partition coefficient (Wildman–Crippen LogP) is 4.28. The molecule has 3 rings (SSSR count). The van der Waals surface area contributed by atoms with Crippen LogP contribution in [0.2, 0.25) is 0 Å². The Morgan fingerprint density at radius 2 is 1.59 bits per heavy atom. The van der Waals surface area contributed by atoms with Gasteiger partial charge in [-0.2, -0.15) is 10.1 Å². The lowest BCUT2D eigenvalue weighted by atomic mass is 10.1. The third-order valence-electron chi connectivity index (χ3n) is 4.13. The van der Waals surface area contributed by atoms with Crippen LogP contribution in [0.25, 0.3) is 6.08 Å². The largest absolute Gasteiger partial charge is 0.493 e. The SMILES string of the molecule is COc1cc(/C=C2\C(=O)N(c3ccc(Br)cc3)N=C2C)cc(OC)c1OC. The van der Waals surface area contributed by atoms with Gasteiger partial charge in [0.2, 0.25) is 5.75 Å². The summed E-state index contributed by atoms with van der Waals surface area (Å²) < 4.78 is 17.0. The summed E-state index contributed by atoms with van der Waals surface area (Å²) in [6.45, 7) is 1.81. The summed E-state index contributed by atoms with van der Waals surface area (Å²) in [4.78, 5) is 12.9. The number of anilines is 1. The molecule has 27 heavy (non-hydrogen) atoms. The fraction of sp³-hybridized carbons (Fsp3) is 0.200. The molecule has 1 amide bonds. The summed E-state index contributed by atoms with van der Waals surface area (Å²) in [5.74, 6) is 1.35. The number of carbonyl (C=O) groups excluding carboxylic acids is 1. The summed E-state index contributed by atoms with van der Waals surface area (Å²) >= 11 is 3.39. The first kappa shape index (κ1) is 19.0. The molecule has 0 fully saturated rings. The van der Waals surface area contributed by atoms with Crippen molar-refractivity contribution in [2.24, 2.45) is 5.10 Å². The number of benzene rings is 2. The molecule has 6 nitrogen and oxygen atoms in total. The molecule has 0 N–H and O–H groups in total. The van der Waals surface area contributed by atoms with Gasteiger partial charge in [-0.25, -0.2) is 0 Å². The zero-order valence-electron chi connectivity index (χ0n) is 15.4. The second-order valence-corrected chi connectivity index (χ2v) is 6.71. The minimum absolute atomic E-state index is 0.191. The van der Waals surface area contributed by atoms with Gasteiger partial charge in [0.25, 0.3) is 5.91 Å². The van der Waals surface area contributed by atoms with E-state index in [4.69, 9.17) is 14.2 Å². The van der Waals surface area contributed by atoms with Gasteiger partial charge in [0.15, 0.2) is 11.5 Å². The summed E-state index contributed by atoms with van der Waals surface area (Å²) in [7, 11) is 4.65. The van der Waals surface area contributed by atoms with Crippen LogP contribution in [0.5, 0.6) is 17.2 Å². The second kappa shape index (κ2) is 7.84. The number of carbonyl (C=O) groups is 1. The maximum Gasteiger partial charge on any atom is 0.280 e. The predicted molar refractivity (Wildman–Crippen MR) is 109 cm³/mol. The molecule has 2 aromatic rings. The van der Waals surface area contributed by atoms with Crippen LogP contribution in [0.1, 0.15) is 12.5 Å². The van der Waals surface area contributed by atoms with Gasteiger partial charge in [-0.1, -0.05) is 15.9 Å². The Morgan fingerprint density at radius 1 is 1.00 bits per heavy atom. The number of rotatable bonds is 5. The normalized spacial score (nSPS) is 15.1. The van der Waals surface area contributed by atoms with Crippen LogP contribution in [-0.4, -0.2) is 32.9 Å². The van der Waals surface area contributed by atoms with Crippen LogP contribution in [0.4, 0.5) is 5.69 Å². The quantitative estimate of drug-likeness (QED) is 0.664. The molecule has 0 saturated heterocycles. The van der Waals surface area contributed by atoms with Crippen molar-refractivity contribution in [2.45, 2.75) is 6.92 Å². The molecule has 1 heterocycles. The van der Waals surface area contributed by atoms with Gasteiger partial charge in [-0.3, -0.25) is 4.79 Å². The fourth-order valence-electron chi connectivity index (χ4n) is 2.79. The van der Waals surface area contributed by atoms with Crippen molar-refractivity contribution in [3.63, 3.8) is 0 Å². The van der Waals surface area contributed by atoms with E-state index in [0.29, 0.717) is 34.2 Å². The van der Waals surface area contributed by atoms with Crippen LogP contribution in [0.15, 0.2) is 51.5 Å². The Morgan fingerprint density at radius 3 is 2.11 bits per heavy atom. The number of nitrogens with zero attached hydrogens (tertiary/aromatic N) is 2. The highest BCUT2D eigenvalue weighted by atomic mass is 79.9. The number of hydrogen-bond donors (Lipinski definition) is 0. The smallest absolute Gasteiger partial charge is 0.280 e. The minimum atomic E-state index is -0.191. The van der Waals surface area contributed by atoms with E-state index >= 15 is 0 Å². The van der Waals surface area contributed by atoms with E-state index in [1.165, 1.54) is 5.01 Å². The van der Waals surface area contributed by atoms with Crippen LogP contribution in [0, 0.1) is 0 Å². The number of amides is 1. The van der Waals surface area contributed by atoms with E-state index in [0.717, 1.165) is 10.0 Å². The van der Waals surface area contributed by atoms with E-state index < -0.39 is 0 Å². The lowest BCUT2D eigenvalue weighted by Gasteiger charge is -2.13. The van der Waals surface area contributed by atoms with E-state index in [2.05, 4.69) is 21.0 Å². The van der Waals surface area contributed by atoms with Gasteiger partial charge in [-0.15, -0.1) is 0 Å². The van der Waals surface area contributed by atoms with E-state index in [1.807, 2.05) is 24.3 Å². The first-order chi connectivity index (χ1) is 13.0. The van der Waals surface area contributed by atoms with Gasteiger partial charge in [-0.05, 0) is 55.0 Å². The van der Waals surface area contributed by atoms with E-state index in [9.17, 15) is 4.79 Å². The van der Waals surface area contributed by atoms with Crippen molar-refractivity contribution in [3.8, 4) is 17.2 Å². The first-order valence-corrected chi connectivity index (χ1v) is 8.95. The van der Waals surface area contributed by atoms with Gasteiger partial charge >= 0.3 is 0 Å². The monoisotopic (exact) mass is 430 g/mol. The molecule has 0 unspecified atom stereocenters. The molecular weight excluding hydrogens is 412 g/mol. The molecule has 0 spiro atoms. The van der Waals surface area contributed by atoms with Gasteiger partial charge < -0.3 is 14.2 Å². The van der Waals surface area contributed by atoms with Crippen LogP contribution in [-0.2, 0) is 4.79 Å². The summed E-state index contributed by atoms with van der Waals surface area (Å²) in [5.41, 5.74) is 2.60. The highest BCUT2D eigenvalue weighted by Gasteiger charge is 2.29. The fourth-order valence-corrected chi connectivity index (χ4v) is 3.06. The topological polar surface area (TPSA) is 60.4 Å². The zero-order chi connectivity index (χ0) is 19.6. The average molecular weight is 431 g/mol. The first-order valence-electron chi connectivity index (χ1n) is 8.15.